The molecule has 0 spiro atoms. The van der Waals surface area contributed by atoms with E-state index in [1.165, 1.54) is 13.2 Å². The van der Waals surface area contributed by atoms with E-state index in [1.54, 1.807) is 19.2 Å². The smallest absolute Gasteiger partial charge is 0.258 e. The number of methoxy groups -OCH3 is 2. The maximum absolute atomic E-state index is 9.67. The highest BCUT2D eigenvalue weighted by Gasteiger charge is 2.11. The number of rotatable bonds is 5. The van der Waals surface area contributed by atoms with Crippen LogP contribution < -0.4 is 4.74 Å². The van der Waals surface area contributed by atoms with Crippen molar-refractivity contribution in [2.45, 2.75) is 6.42 Å². The molecule has 0 unspecified atom stereocenters. The van der Waals surface area contributed by atoms with Crippen molar-refractivity contribution < 1.29 is 19.1 Å². The van der Waals surface area contributed by atoms with Gasteiger partial charge in [-0.1, -0.05) is 5.16 Å². The molecule has 1 heterocycles. The summed E-state index contributed by atoms with van der Waals surface area (Å²) in [5, 5.41) is 13.5. The number of hydrogen-bond donors (Lipinski definition) is 1. The van der Waals surface area contributed by atoms with Crippen LogP contribution in [0.4, 0.5) is 0 Å². The van der Waals surface area contributed by atoms with E-state index >= 15 is 0 Å². The summed E-state index contributed by atoms with van der Waals surface area (Å²) in [5.74, 6) is 1.37. The van der Waals surface area contributed by atoms with E-state index in [0.717, 1.165) is 0 Å². The van der Waals surface area contributed by atoms with Crippen LogP contribution in [0.2, 0.25) is 0 Å². The molecule has 0 aliphatic carbocycles. The standard InChI is InChI=1S/C12H14N2O4/c1-16-6-5-11-13-12(18-14-11)8-3-4-10(17-2)9(15)7-8/h3-4,7,15H,5-6H2,1-2H3. The molecule has 0 amide bonds. The van der Waals surface area contributed by atoms with Crippen molar-refractivity contribution in [2.75, 3.05) is 20.8 Å². The Morgan fingerprint density at radius 1 is 1.33 bits per heavy atom. The fraction of sp³-hybridized carbons (Fsp3) is 0.333. The highest BCUT2D eigenvalue weighted by atomic mass is 16.5. The molecule has 0 atom stereocenters. The van der Waals surface area contributed by atoms with Crippen LogP contribution in [-0.4, -0.2) is 36.1 Å². The number of aromatic nitrogens is 2. The quantitative estimate of drug-likeness (QED) is 0.869. The molecule has 2 aromatic rings. The van der Waals surface area contributed by atoms with Gasteiger partial charge >= 0.3 is 0 Å². The third-order valence-electron chi connectivity index (χ3n) is 2.42. The molecule has 18 heavy (non-hydrogen) atoms. The minimum absolute atomic E-state index is 0.0339. The molecule has 0 aliphatic rings. The van der Waals surface area contributed by atoms with Crippen LogP contribution in [-0.2, 0) is 11.2 Å². The summed E-state index contributed by atoms with van der Waals surface area (Å²) in [6, 6.07) is 4.91. The summed E-state index contributed by atoms with van der Waals surface area (Å²) in [6.07, 6.45) is 0.585. The zero-order valence-electron chi connectivity index (χ0n) is 10.2. The maximum Gasteiger partial charge on any atom is 0.258 e. The number of ether oxygens (including phenoxy) is 2. The van der Waals surface area contributed by atoms with E-state index in [2.05, 4.69) is 10.1 Å². The lowest BCUT2D eigenvalue weighted by molar-refractivity contribution is 0.199. The molecular weight excluding hydrogens is 236 g/mol. The number of phenols is 1. The van der Waals surface area contributed by atoms with Gasteiger partial charge in [0, 0.05) is 19.1 Å². The lowest BCUT2D eigenvalue weighted by atomic mass is 10.2. The van der Waals surface area contributed by atoms with Crippen LogP contribution in [0.15, 0.2) is 22.7 Å². The highest BCUT2D eigenvalue weighted by Crippen LogP contribution is 2.30. The number of aromatic hydroxyl groups is 1. The second-order valence-corrected chi connectivity index (χ2v) is 3.65. The lowest BCUT2D eigenvalue weighted by Crippen LogP contribution is -1.96. The van der Waals surface area contributed by atoms with E-state index in [0.29, 0.717) is 36.1 Å². The second kappa shape index (κ2) is 5.50. The Bertz CT molecular complexity index is 525. The van der Waals surface area contributed by atoms with Crippen LogP contribution >= 0.6 is 0 Å². The monoisotopic (exact) mass is 250 g/mol. The van der Waals surface area contributed by atoms with Gasteiger partial charge in [0.25, 0.3) is 5.89 Å². The predicted molar refractivity (Wildman–Crippen MR) is 63.5 cm³/mol. The van der Waals surface area contributed by atoms with E-state index in [-0.39, 0.29) is 5.75 Å². The first-order valence-electron chi connectivity index (χ1n) is 5.43. The first kappa shape index (κ1) is 12.4. The van der Waals surface area contributed by atoms with E-state index < -0.39 is 0 Å². The SMILES string of the molecule is COCCc1noc(-c2ccc(OC)c(O)c2)n1. The van der Waals surface area contributed by atoms with Gasteiger partial charge in [0.1, 0.15) is 0 Å². The van der Waals surface area contributed by atoms with Crippen molar-refractivity contribution in [2.24, 2.45) is 0 Å². The van der Waals surface area contributed by atoms with Crippen molar-refractivity contribution in [1.82, 2.24) is 10.1 Å². The van der Waals surface area contributed by atoms with Gasteiger partial charge in [-0.2, -0.15) is 4.98 Å². The highest BCUT2D eigenvalue weighted by molar-refractivity contribution is 5.59. The first-order chi connectivity index (χ1) is 8.74. The topological polar surface area (TPSA) is 77.6 Å². The Morgan fingerprint density at radius 3 is 2.83 bits per heavy atom. The molecule has 0 saturated heterocycles. The summed E-state index contributed by atoms with van der Waals surface area (Å²) in [7, 11) is 3.10. The molecular formula is C12H14N2O4. The predicted octanol–water partition coefficient (Wildman–Crippen LogP) is 1.64. The Labute approximate surface area is 104 Å². The Morgan fingerprint density at radius 2 is 2.17 bits per heavy atom. The molecule has 0 fully saturated rings. The van der Waals surface area contributed by atoms with E-state index in [1.807, 2.05) is 0 Å². The average Bonchev–Trinajstić information content (AvgIpc) is 2.85. The molecule has 96 valence electrons. The Hall–Kier alpha value is -2.08. The molecule has 2 rings (SSSR count). The summed E-state index contributed by atoms with van der Waals surface area (Å²) in [6.45, 7) is 0.535. The van der Waals surface area contributed by atoms with Crippen LogP contribution in [0, 0.1) is 0 Å². The zero-order valence-corrected chi connectivity index (χ0v) is 10.2. The van der Waals surface area contributed by atoms with Crippen molar-refractivity contribution in [3.05, 3.63) is 24.0 Å². The fourth-order valence-corrected chi connectivity index (χ4v) is 1.49. The molecule has 1 N–H and O–H groups in total. The van der Waals surface area contributed by atoms with Gasteiger partial charge in [0.05, 0.1) is 13.7 Å². The summed E-state index contributed by atoms with van der Waals surface area (Å²) in [5.41, 5.74) is 0.643. The second-order valence-electron chi connectivity index (χ2n) is 3.65. The van der Waals surface area contributed by atoms with Crippen LogP contribution in [0.5, 0.6) is 11.5 Å². The molecule has 1 aromatic carbocycles. The summed E-state index contributed by atoms with van der Waals surface area (Å²) < 4.78 is 15.0. The number of hydrogen-bond acceptors (Lipinski definition) is 6. The molecule has 0 radical (unpaired) electrons. The van der Waals surface area contributed by atoms with Crippen LogP contribution in [0.25, 0.3) is 11.5 Å². The molecule has 0 aliphatic heterocycles. The molecule has 1 aromatic heterocycles. The van der Waals surface area contributed by atoms with E-state index in [9.17, 15) is 5.11 Å². The van der Waals surface area contributed by atoms with Gasteiger partial charge in [-0.05, 0) is 18.2 Å². The van der Waals surface area contributed by atoms with Crippen LogP contribution in [0.1, 0.15) is 5.82 Å². The number of benzene rings is 1. The minimum atomic E-state index is 0.0339. The largest absolute Gasteiger partial charge is 0.504 e. The van der Waals surface area contributed by atoms with Gasteiger partial charge in [-0.15, -0.1) is 0 Å². The van der Waals surface area contributed by atoms with Crippen LogP contribution in [0.3, 0.4) is 0 Å². The Balaban J connectivity index is 2.20. The first-order valence-corrected chi connectivity index (χ1v) is 5.43. The number of phenolic OH excluding ortho intramolecular Hbond substituents is 1. The third-order valence-corrected chi connectivity index (χ3v) is 2.42. The summed E-state index contributed by atoms with van der Waals surface area (Å²) in [4.78, 5) is 4.20. The minimum Gasteiger partial charge on any atom is -0.504 e. The molecule has 0 bridgehead atoms. The van der Waals surface area contributed by atoms with Crippen molar-refractivity contribution in [3.8, 4) is 23.0 Å². The maximum atomic E-state index is 9.67. The van der Waals surface area contributed by atoms with Gasteiger partial charge in [-0.3, -0.25) is 0 Å². The van der Waals surface area contributed by atoms with Gasteiger partial charge in [-0.25, -0.2) is 0 Å². The lowest BCUT2D eigenvalue weighted by Gasteiger charge is -2.03. The summed E-state index contributed by atoms with van der Waals surface area (Å²) >= 11 is 0. The number of nitrogens with zero attached hydrogens (tertiary/aromatic N) is 2. The third kappa shape index (κ3) is 2.60. The van der Waals surface area contributed by atoms with Gasteiger partial charge in [0.15, 0.2) is 17.3 Å². The van der Waals surface area contributed by atoms with Crippen molar-refractivity contribution in [3.63, 3.8) is 0 Å². The molecule has 6 nitrogen and oxygen atoms in total. The van der Waals surface area contributed by atoms with Crippen molar-refractivity contribution >= 4 is 0 Å². The Kier molecular flexibility index (Phi) is 3.78. The van der Waals surface area contributed by atoms with Crippen molar-refractivity contribution in [1.29, 1.82) is 0 Å². The van der Waals surface area contributed by atoms with E-state index in [4.69, 9.17) is 14.0 Å². The van der Waals surface area contributed by atoms with Gasteiger partial charge < -0.3 is 19.1 Å². The average molecular weight is 250 g/mol. The molecule has 0 saturated carbocycles. The normalized spacial score (nSPS) is 10.6. The fourth-order valence-electron chi connectivity index (χ4n) is 1.49. The zero-order chi connectivity index (χ0) is 13.0. The molecule has 6 heteroatoms. The van der Waals surface area contributed by atoms with Gasteiger partial charge in [0.2, 0.25) is 0 Å².